The fraction of sp³-hybridized carbons (Fsp3) is 0.545. The number of esters is 2. The number of carbonyl (C=O) groups is 4. The monoisotopic (exact) mass is 453 g/mol. The molecule has 0 amide bonds. The Morgan fingerprint density at radius 1 is 0.938 bits per heavy atom. The van der Waals surface area contributed by atoms with Gasteiger partial charge in [0.05, 0.1) is 0 Å². The fourth-order valence-electron chi connectivity index (χ4n) is 2.78. The summed E-state index contributed by atoms with van der Waals surface area (Å²) in [7, 11) is 0. The Kier molecular flexibility index (Phi) is 10.1. The van der Waals surface area contributed by atoms with Crippen LogP contribution in [0.25, 0.3) is 0 Å². The van der Waals surface area contributed by atoms with Crippen LogP contribution in [0, 0.1) is 5.92 Å². The van der Waals surface area contributed by atoms with E-state index in [1.54, 1.807) is 13.8 Å². The molecule has 178 valence electrons. The van der Waals surface area contributed by atoms with Gasteiger partial charge in [-0.1, -0.05) is 19.9 Å². The first-order valence-corrected chi connectivity index (χ1v) is 10.2. The topological polar surface area (TPSA) is 151 Å². The third-order valence-electron chi connectivity index (χ3n) is 4.73. The van der Waals surface area contributed by atoms with Crippen LogP contribution in [-0.4, -0.2) is 47.4 Å². The maximum Gasteiger partial charge on any atom is 0.508 e. The lowest BCUT2D eigenvalue weighted by Gasteiger charge is -2.26. The Morgan fingerprint density at radius 2 is 1.50 bits per heavy atom. The minimum atomic E-state index is -1.35. The molecule has 0 heterocycles. The molecule has 0 spiro atoms. The summed E-state index contributed by atoms with van der Waals surface area (Å²) in [6, 6.07) is 2.90. The van der Waals surface area contributed by atoms with Crippen LogP contribution in [0.15, 0.2) is 18.2 Å². The second kappa shape index (κ2) is 12.0. The van der Waals surface area contributed by atoms with Crippen molar-refractivity contribution in [3.8, 4) is 11.5 Å². The highest BCUT2D eigenvalue weighted by Crippen LogP contribution is 2.34. The summed E-state index contributed by atoms with van der Waals surface area (Å²) in [5.74, 6) is -3.34. The molecule has 1 aromatic carbocycles. The molecule has 0 fully saturated rings. The lowest BCUT2D eigenvalue weighted by atomic mass is 9.87. The third-order valence-corrected chi connectivity index (χ3v) is 4.73. The summed E-state index contributed by atoms with van der Waals surface area (Å²) in [5.41, 5.74) is 6.29. The number of hydrogen-bond donors (Lipinski definition) is 2. The van der Waals surface area contributed by atoms with Crippen molar-refractivity contribution in [2.75, 3.05) is 0 Å². The maximum atomic E-state index is 12.0. The summed E-state index contributed by atoms with van der Waals surface area (Å²) in [4.78, 5) is 46.4. The summed E-state index contributed by atoms with van der Waals surface area (Å²) in [6.45, 7) is 9.47. The smallest absolute Gasteiger partial charge is 0.480 e. The van der Waals surface area contributed by atoms with E-state index in [0.29, 0.717) is 5.56 Å². The second-order valence-electron chi connectivity index (χ2n) is 7.85. The number of carboxylic acids is 1. The van der Waals surface area contributed by atoms with E-state index in [9.17, 15) is 24.3 Å². The highest BCUT2D eigenvalue weighted by Gasteiger charge is 2.30. The molecule has 0 aliphatic carbocycles. The van der Waals surface area contributed by atoms with Gasteiger partial charge >= 0.3 is 24.1 Å². The predicted molar refractivity (Wildman–Crippen MR) is 113 cm³/mol. The molecule has 0 bridgehead atoms. The van der Waals surface area contributed by atoms with E-state index in [4.69, 9.17) is 24.7 Å². The molecule has 0 saturated heterocycles. The largest absolute Gasteiger partial charge is 0.508 e. The van der Waals surface area contributed by atoms with Gasteiger partial charge < -0.3 is 29.8 Å². The minimum Gasteiger partial charge on any atom is -0.480 e. The van der Waals surface area contributed by atoms with E-state index >= 15 is 0 Å². The first-order valence-electron chi connectivity index (χ1n) is 10.2. The lowest BCUT2D eigenvalue weighted by Crippen LogP contribution is -2.38. The summed E-state index contributed by atoms with van der Waals surface area (Å²) < 4.78 is 20.6. The van der Waals surface area contributed by atoms with E-state index in [1.165, 1.54) is 32.0 Å². The van der Waals surface area contributed by atoms with Crippen molar-refractivity contribution in [3.05, 3.63) is 23.8 Å². The maximum absolute atomic E-state index is 12.0. The van der Waals surface area contributed by atoms with Gasteiger partial charge in [0.25, 0.3) is 0 Å². The van der Waals surface area contributed by atoms with Gasteiger partial charge in [-0.3, -0.25) is 14.4 Å². The van der Waals surface area contributed by atoms with Gasteiger partial charge in [0.15, 0.2) is 11.5 Å². The van der Waals surface area contributed by atoms with Crippen LogP contribution in [-0.2, 0) is 23.9 Å². The number of carboxylic acid groups (broad SMARTS) is 1. The van der Waals surface area contributed by atoms with Crippen LogP contribution in [0.5, 0.6) is 11.5 Å². The zero-order chi connectivity index (χ0) is 24.6. The van der Waals surface area contributed by atoms with Gasteiger partial charge in [-0.2, -0.15) is 0 Å². The molecule has 10 nitrogen and oxygen atoms in total. The van der Waals surface area contributed by atoms with Gasteiger partial charge in [0.2, 0.25) is 0 Å². The molecule has 32 heavy (non-hydrogen) atoms. The molecule has 1 rings (SSSR count). The number of aliphatic carboxylic acids is 1. The van der Waals surface area contributed by atoms with Crippen molar-refractivity contribution < 1.29 is 43.2 Å². The Hall–Kier alpha value is -3.14. The molecule has 1 aromatic rings. The first-order chi connectivity index (χ1) is 14.8. The molecule has 0 saturated carbocycles. The van der Waals surface area contributed by atoms with E-state index < -0.39 is 42.1 Å². The molecule has 0 aromatic heterocycles. The average Bonchev–Trinajstić information content (AvgIpc) is 2.65. The van der Waals surface area contributed by atoms with E-state index in [0.717, 1.165) is 0 Å². The third kappa shape index (κ3) is 8.54. The standard InChI is InChI=1S/C22H31NO9/c1-11(2)13(4)30-22(28)29-12(3)9-17(20(23)21(26)27)16-7-8-18(31-14(5)24)19(10-16)32-15(6)25/h7-8,10-13,17,20H,9,23H2,1-6H3,(H,26,27)/t12?,13?,17?,20-/m0/s1. The molecule has 3 unspecified atom stereocenters. The van der Waals surface area contributed by atoms with Crippen LogP contribution in [0.4, 0.5) is 4.79 Å². The number of benzene rings is 1. The molecule has 3 N–H and O–H groups in total. The SMILES string of the molecule is CC(=O)Oc1ccc(C(CC(C)OC(=O)OC(C)C(C)C)[C@H](N)C(=O)O)cc1OC(C)=O. The summed E-state index contributed by atoms with van der Waals surface area (Å²) >= 11 is 0. The van der Waals surface area contributed by atoms with Gasteiger partial charge in [-0.25, -0.2) is 4.79 Å². The van der Waals surface area contributed by atoms with E-state index in [-0.39, 0.29) is 29.9 Å². The minimum absolute atomic E-state index is 0.00496. The van der Waals surface area contributed by atoms with Crippen molar-refractivity contribution in [1.29, 1.82) is 0 Å². The van der Waals surface area contributed by atoms with Crippen LogP contribution >= 0.6 is 0 Å². The quantitative estimate of drug-likeness (QED) is 0.399. The molecule has 0 radical (unpaired) electrons. The Morgan fingerprint density at radius 3 is 2.00 bits per heavy atom. The molecule has 0 aliphatic rings. The Labute approximate surface area is 187 Å². The molecular weight excluding hydrogens is 422 g/mol. The van der Waals surface area contributed by atoms with Crippen molar-refractivity contribution in [2.45, 2.75) is 72.1 Å². The Balaban J connectivity index is 3.15. The van der Waals surface area contributed by atoms with Crippen molar-refractivity contribution in [1.82, 2.24) is 0 Å². The van der Waals surface area contributed by atoms with Gasteiger partial charge in [-0.15, -0.1) is 0 Å². The lowest BCUT2D eigenvalue weighted by molar-refractivity contribution is -0.139. The summed E-state index contributed by atoms with van der Waals surface area (Å²) in [5, 5.41) is 9.46. The predicted octanol–water partition coefficient (Wildman–Crippen LogP) is 3.01. The van der Waals surface area contributed by atoms with E-state index in [2.05, 4.69) is 0 Å². The van der Waals surface area contributed by atoms with Gasteiger partial charge in [0.1, 0.15) is 18.2 Å². The number of carbonyl (C=O) groups excluding carboxylic acids is 3. The zero-order valence-electron chi connectivity index (χ0n) is 19.1. The normalized spacial score (nSPS) is 14.6. The van der Waals surface area contributed by atoms with Gasteiger partial charge in [0, 0.05) is 19.8 Å². The summed E-state index contributed by atoms with van der Waals surface area (Å²) in [6.07, 6.45) is -1.91. The molecular formula is C22H31NO9. The van der Waals surface area contributed by atoms with Crippen molar-refractivity contribution in [2.24, 2.45) is 11.7 Å². The number of rotatable bonds is 10. The van der Waals surface area contributed by atoms with Crippen LogP contribution in [0.1, 0.15) is 59.4 Å². The van der Waals surface area contributed by atoms with Crippen molar-refractivity contribution in [3.63, 3.8) is 0 Å². The van der Waals surface area contributed by atoms with Crippen LogP contribution < -0.4 is 15.2 Å². The second-order valence-corrected chi connectivity index (χ2v) is 7.85. The highest BCUT2D eigenvalue weighted by atomic mass is 16.7. The Bertz CT molecular complexity index is 837. The molecule has 0 aliphatic heterocycles. The number of nitrogens with two attached hydrogens (primary N) is 1. The molecule has 4 atom stereocenters. The van der Waals surface area contributed by atoms with E-state index in [1.807, 2.05) is 13.8 Å². The fourth-order valence-corrected chi connectivity index (χ4v) is 2.78. The van der Waals surface area contributed by atoms with Crippen LogP contribution in [0.2, 0.25) is 0 Å². The highest BCUT2D eigenvalue weighted by molar-refractivity contribution is 5.76. The first kappa shape index (κ1) is 26.9. The van der Waals surface area contributed by atoms with Crippen LogP contribution in [0.3, 0.4) is 0 Å². The number of ether oxygens (including phenoxy) is 4. The van der Waals surface area contributed by atoms with Crippen molar-refractivity contribution >= 4 is 24.1 Å². The van der Waals surface area contributed by atoms with Gasteiger partial charge in [-0.05, 0) is 43.9 Å². The average molecular weight is 453 g/mol. The zero-order valence-corrected chi connectivity index (χ0v) is 19.1. The molecule has 10 heteroatoms. The number of hydrogen-bond acceptors (Lipinski definition) is 9.